The van der Waals surface area contributed by atoms with Crippen LogP contribution < -0.4 is 14.9 Å². The number of hydrazone groups is 1. The first-order valence-corrected chi connectivity index (χ1v) is 7.97. The van der Waals surface area contributed by atoms with Gasteiger partial charge in [-0.2, -0.15) is 5.10 Å². The average Bonchev–Trinajstić information content (AvgIpc) is 2.94. The second-order valence-electron chi connectivity index (χ2n) is 4.55. The molecule has 0 aliphatic carbocycles. The third-order valence-electron chi connectivity index (χ3n) is 3.04. The molecule has 0 radical (unpaired) electrons. The van der Waals surface area contributed by atoms with E-state index in [0.717, 1.165) is 10.0 Å². The fourth-order valence-corrected chi connectivity index (χ4v) is 2.85. The molecule has 1 heterocycles. The topological polar surface area (TPSA) is 59.9 Å². The van der Waals surface area contributed by atoms with Crippen LogP contribution in [-0.4, -0.2) is 18.9 Å². The van der Waals surface area contributed by atoms with Gasteiger partial charge in [0.1, 0.15) is 0 Å². The van der Waals surface area contributed by atoms with Crippen molar-refractivity contribution in [2.24, 2.45) is 5.10 Å². The first kappa shape index (κ1) is 16.1. The Labute approximate surface area is 150 Å². The molecule has 2 aromatic carbocycles. The molecule has 118 valence electrons. The maximum Gasteiger partial charge on any atom is 0.272 e. The smallest absolute Gasteiger partial charge is 0.272 e. The molecular formula is C15H9BrCl2N2O3. The van der Waals surface area contributed by atoms with Crippen LogP contribution in [0.5, 0.6) is 11.5 Å². The number of fused-ring (bicyclic) bond motifs is 1. The minimum Gasteiger partial charge on any atom is -0.454 e. The maximum absolute atomic E-state index is 12.0. The third kappa shape index (κ3) is 3.60. The predicted octanol–water partition coefficient (Wildman–Crippen LogP) is 4.25. The summed E-state index contributed by atoms with van der Waals surface area (Å²) < 4.78 is 11.3. The van der Waals surface area contributed by atoms with Crippen molar-refractivity contribution >= 4 is 51.3 Å². The van der Waals surface area contributed by atoms with Crippen LogP contribution in [0.25, 0.3) is 0 Å². The summed E-state index contributed by atoms with van der Waals surface area (Å²) in [7, 11) is 0. The Kier molecular flexibility index (Phi) is 4.75. The molecule has 0 atom stereocenters. The van der Waals surface area contributed by atoms with Crippen molar-refractivity contribution < 1.29 is 14.3 Å². The quantitative estimate of drug-likeness (QED) is 0.602. The first-order valence-electron chi connectivity index (χ1n) is 6.42. The molecule has 5 nitrogen and oxygen atoms in total. The monoisotopic (exact) mass is 414 g/mol. The van der Waals surface area contributed by atoms with E-state index in [4.69, 9.17) is 32.7 Å². The Morgan fingerprint density at radius 1 is 1.22 bits per heavy atom. The zero-order valence-electron chi connectivity index (χ0n) is 11.5. The second-order valence-corrected chi connectivity index (χ2v) is 6.25. The Morgan fingerprint density at radius 2 is 1.96 bits per heavy atom. The summed E-state index contributed by atoms with van der Waals surface area (Å²) >= 11 is 15.2. The van der Waals surface area contributed by atoms with E-state index < -0.39 is 5.91 Å². The second kappa shape index (κ2) is 6.78. The van der Waals surface area contributed by atoms with Crippen molar-refractivity contribution in [3.05, 3.63) is 56.0 Å². The number of benzene rings is 2. The van der Waals surface area contributed by atoms with Gasteiger partial charge in [-0.1, -0.05) is 23.2 Å². The van der Waals surface area contributed by atoms with Crippen molar-refractivity contribution in [3.8, 4) is 11.5 Å². The molecule has 0 unspecified atom stereocenters. The minimum atomic E-state index is -0.431. The number of nitrogens with zero attached hydrogens (tertiary/aromatic N) is 1. The highest BCUT2D eigenvalue weighted by atomic mass is 79.9. The molecule has 0 saturated heterocycles. The normalized spacial score (nSPS) is 12.7. The van der Waals surface area contributed by atoms with E-state index in [1.54, 1.807) is 18.2 Å². The number of hydrogen-bond acceptors (Lipinski definition) is 4. The SMILES string of the molecule is O=C(NN=Cc1cc2c(cc1Br)OCO2)c1ccc(Cl)cc1Cl. The largest absolute Gasteiger partial charge is 0.454 e. The van der Waals surface area contributed by atoms with Gasteiger partial charge in [0.2, 0.25) is 6.79 Å². The van der Waals surface area contributed by atoms with Crippen LogP contribution in [0.2, 0.25) is 10.0 Å². The van der Waals surface area contributed by atoms with Crippen molar-refractivity contribution in [2.45, 2.75) is 0 Å². The molecule has 0 aromatic heterocycles. The Balaban J connectivity index is 1.73. The van der Waals surface area contributed by atoms with Gasteiger partial charge in [-0.25, -0.2) is 5.43 Å². The minimum absolute atomic E-state index is 0.189. The van der Waals surface area contributed by atoms with Gasteiger partial charge in [-0.3, -0.25) is 4.79 Å². The number of amides is 1. The fraction of sp³-hybridized carbons (Fsp3) is 0.0667. The van der Waals surface area contributed by atoms with Crippen molar-refractivity contribution in [2.75, 3.05) is 6.79 Å². The average molecular weight is 416 g/mol. The number of ether oxygens (including phenoxy) is 2. The molecule has 2 aromatic rings. The molecule has 0 bridgehead atoms. The molecule has 1 aliphatic heterocycles. The van der Waals surface area contributed by atoms with E-state index in [0.29, 0.717) is 16.5 Å². The predicted molar refractivity (Wildman–Crippen MR) is 91.8 cm³/mol. The molecule has 1 amide bonds. The van der Waals surface area contributed by atoms with Crippen LogP contribution in [0.1, 0.15) is 15.9 Å². The summed E-state index contributed by atoms with van der Waals surface area (Å²) in [4.78, 5) is 12.0. The molecule has 0 saturated carbocycles. The van der Waals surface area contributed by atoms with Gasteiger partial charge in [0.15, 0.2) is 11.5 Å². The Hall–Kier alpha value is -1.76. The van der Waals surface area contributed by atoms with Crippen LogP contribution in [0.15, 0.2) is 39.9 Å². The number of carbonyl (C=O) groups excluding carboxylic acids is 1. The van der Waals surface area contributed by atoms with Crippen molar-refractivity contribution in [3.63, 3.8) is 0 Å². The summed E-state index contributed by atoms with van der Waals surface area (Å²) in [5, 5.41) is 4.64. The number of hydrogen-bond donors (Lipinski definition) is 1. The standard InChI is InChI=1S/C15H9BrCl2N2O3/c16-11-5-14-13(22-7-23-14)3-8(11)6-19-20-15(21)10-2-1-9(17)4-12(10)18/h1-6H,7H2,(H,20,21). The van der Waals surface area contributed by atoms with Crippen LogP contribution in [0, 0.1) is 0 Å². The lowest BCUT2D eigenvalue weighted by molar-refractivity contribution is 0.0955. The van der Waals surface area contributed by atoms with Gasteiger partial charge in [-0.05, 0) is 46.3 Å². The lowest BCUT2D eigenvalue weighted by Gasteiger charge is -2.04. The number of nitrogens with one attached hydrogen (secondary N) is 1. The Morgan fingerprint density at radius 3 is 2.70 bits per heavy atom. The molecule has 23 heavy (non-hydrogen) atoms. The lowest BCUT2D eigenvalue weighted by Crippen LogP contribution is -2.18. The molecule has 1 aliphatic rings. The zero-order valence-corrected chi connectivity index (χ0v) is 14.6. The molecule has 3 rings (SSSR count). The van der Waals surface area contributed by atoms with E-state index in [2.05, 4.69) is 26.5 Å². The Bertz CT molecular complexity index is 812. The number of carbonyl (C=O) groups is 1. The zero-order chi connectivity index (χ0) is 16.4. The van der Waals surface area contributed by atoms with Gasteiger partial charge < -0.3 is 9.47 Å². The summed E-state index contributed by atoms with van der Waals surface area (Å²) in [5.74, 6) is 0.854. The molecular weight excluding hydrogens is 407 g/mol. The van der Waals surface area contributed by atoms with Crippen LogP contribution in [-0.2, 0) is 0 Å². The van der Waals surface area contributed by atoms with E-state index in [1.807, 2.05) is 0 Å². The summed E-state index contributed by atoms with van der Waals surface area (Å²) in [5.41, 5.74) is 3.44. The number of halogens is 3. The van der Waals surface area contributed by atoms with E-state index in [-0.39, 0.29) is 17.4 Å². The highest BCUT2D eigenvalue weighted by Crippen LogP contribution is 2.36. The van der Waals surface area contributed by atoms with Crippen LogP contribution >= 0.6 is 39.1 Å². The van der Waals surface area contributed by atoms with E-state index in [1.165, 1.54) is 18.3 Å². The van der Waals surface area contributed by atoms with E-state index >= 15 is 0 Å². The lowest BCUT2D eigenvalue weighted by atomic mass is 10.2. The van der Waals surface area contributed by atoms with Gasteiger partial charge in [0.25, 0.3) is 5.91 Å². The molecule has 0 spiro atoms. The van der Waals surface area contributed by atoms with Gasteiger partial charge in [0, 0.05) is 15.1 Å². The van der Waals surface area contributed by atoms with Gasteiger partial charge in [0.05, 0.1) is 16.8 Å². The number of rotatable bonds is 3. The molecule has 0 fully saturated rings. The summed E-state index contributed by atoms with van der Waals surface area (Å²) in [6.45, 7) is 0.189. The third-order valence-corrected chi connectivity index (χ3v) is 4.27. The van der Waals surface area contributed by atoms with Gasteiger partial charge in [-0.15, -0.1) is 0 Å². The summed E-state index contributed by atoms with van der Waals surface area (Å²) in [6.07, 6.45) is 1.49. The van der Waals surface area contributed by atoms with Crippen molar-refractivity contribution in [1.82, 2.24) is 5.43 Å². The van der Waals surface area contributed by atoms with Crippen molar-refractivity contribution in [1.29, 1.82) is 0 Å². The molecule has 1 N–H and O–H groups in total. The molecule has 8 heteroatoms. The van der Waals surface area contributed by atoms with E-state index in [9.17, 15) is 4.79 Å². The van der Waals surface area contributed by atoms with Crippen LogP contribution in [0.3, 0.4) is 0 Å². The fourth-order valence-electron chi connectivity index (χ4n) is 1.93. The first-order chi connectivity index (χ1) is 11.0. The highest BCUT2D eigenvalue weighted by Gasteiger charge is 2.15. The van der Waals surface area contributed by atoms with Gasteiger partial charge >= 0.3 is 0 Å². The summed E-state index contributed by atoms with van der Waals surface area (Å²) in [6, 6.07) is 8.15. The maximum atomic E-state index is 12.0. The highest BCUT2D eigenvalue weighted by molar-refractivity contribution is 9.10. The van der Waals surface area contributed by atoms with Crippen LogP contribution in [0.4, 0.5) is 0 Å².